The van der Waals surface area contributed by atoms with Gasteiger partial charge in [0.2, 0.25) is 0 Å². The predicted molar refractivity (Wildman–Crippen MR) is 51.7 cm³/mol. The molecule has 1 heterocycles. The van der Waals surface area contributed by atoms with Crippen LogP contribution in [-0.2, 0) is 20.9 Å². The lowest BCUT2D eigenvalue weighted by molar-refractivity contribution is -0.135. The summed E-state index contributed by atoms with van der Waals surface area (Å²) >= 11 is 0. The van der Waals surface area contributed by atoms with Gasteiger partial charge in [0.05, 0.1) is 11.1 Å². The van der Waals surface area contributed by atoms with Crippen molar-refractivity contribution in [3.63, 3.8) is 0 Å². The number of rotatable bonds is 1. The molecule has 0 aliphatic carbocycles. The van der Waals surface area contributed by atoms with Crippen molar-refractivity contribution < 1.29 is 23.9 Å². The average Bonchev–Trinajstić information content (AvgIpc) is 2.59. The SMILES string of the molecule is CC(=O)OC(=O)c1ccc2c(c1)COC2=O. The van der Waals surface area contributed by atoms with Crippen molar-refractivity contribution in [3.05, 3.63) is 34.9 Å². The van der Waals surface area contributed by atoms with Crippen molar-refractivity contribution in [3.8, 4) is 0 Å². The fraction of sp³-hybridized carbons (Fsp3) is 0.182. The number of carbonyl (C=O) groups excluding carboxylic acids is 3. The van der Waals surface area contributed by atoms with Crippen LogP contribution in [0.5, 0.6) is 0 Å². The van der Waals surface area contributed by atoms with Crippen molar-refractivity contribution in [2.75, 3.05) is 0 Å². The molecule has 0 radical (unpaired) electrons. The summed E-state index contributed by atoms with van der Waals surface area (Å²) < 4.78 is 9.20. The van der Waals surface area contributed by atoms with Gasteiger partial charge in [-0.05, 0) is 18.2 Å². The highest BCUT2D eigenvalue weighted by atomic mass is 16.6. The molecule has 5 nitrogen and oxygen atoms in total. The summed E-state index contributed by atoms with van der Waals surface area (Å²) in [6.07, 6.45) is 0. The first-order valence-electron chi connectivity index (χ1n) is 4.61. The van der Waals surface area contributed by atoms with Crippen LogP contribution in [0.3, 0.4) is 0 Å². The Balaban J connectivity index is 2.28. The highest BCUT2D eigenvalue weighted by Gasteiger charge is 2.22. The van der Waals surface area contributed by atoms with E-state index in [1.165, 1.54) is 18.2 Å². The minimum absolute atomic E-state index is 0.148. The zero-order valence-electron chi connectivity index (χ0n) is 8.48. The van der Waals surface area contributed by atoms with Crippen LogP contribution in [0.1, 0.15) is 33.2 Å². The molecule has 0 saturated heterocycles. The molecule has 0 atom stereocenters. The Morgan fingerprint density at radius 1 is 1.38 bits per heavy atom. The Bertz CT molecular complexity index is 489. The molecule has 2 rings (SSSR count). The van der Waals surface area contributed by atoms with Crippen molar-refractivity contribution in [2.45, 2.75) is 13.5 Å². The van der Waals surface area contributed by atoms with Crippen LogP contribution >= 0.6 is 0 Å². The monoisotopic (exact) mass is 220 g/mol. The van der Waals surface area contributed by atoms with Crippen molar-refractivity contribution in [1.82, 2.24) is 0 Å². The van der Waals surface area contributed by atoms with Gasteiger partial charge in [-0.15, -0.1) is 0 Å². The molecule has 1 aliphatic rings. The third-order valence-corrected chi connectivity index (χ3v) is 2.16. The maximum absolute atomic E-state index is 11.4. The minimum Gasteiger partial charge on any atom is -0.457 e. The summed E-state index contributed by atoms with van der Waals surface area (Å²) in [5.74, 6) is -1.80. The molecule has 16 heavy (non-hydrogen) atoms. The Labute approximate surface area is 91.0 Å². The lowest BCUT2D eigenvalue weighted by atomic mass is 10.1. The second-order valence-electron chi connectivity index (χ2n) is 3.33. The van der Waals surface area contributed by atoms with E-state index in [-0.39, 0.29) is 12.2 Å². The molecular formula is C11H8O5. The average molecular weight is 220 g/mol. The molecule has 1 aliphatic heterocycles. The number of hydrogen-bond donors (Lipinski definition) is 0. The molecular weight excluding hydrogens is 212 g/mol. The van der Waals surface area contributed by atoms with E-state index in [4.69, 9.17) is 4.74 Å². The highest BCUT2D eigenvalue weighted by Crippen LogP contribution is 2.21. The number of fused-ring (bicyclic) bond motifs is 1. The molecule has 0 saturated carbocycles. The number of hydrogen-bond acceptors (Lipinski definition) is 5. The minimum atomic E-state index is -0.727. The van der Waals surface area contributed by atoms with E-state index in [1.54, 1.807) is 0 Å². The van der Waals surface area contributed by atoms with Crippen LogP contribution in [0, 0.1) is 0 Å². The van der Waals surface area contributed by atoms with Crippen LogP contribution in [0.4, 0.5) is 0 Å². The number of ether oxygens (including phenoxy) is 2. The lowest BCUT2D eigenvalue weighted by Crippen LogP contribution is -2.09. The van der Waals surface area contributed by atoms with Crippen LogP contribution in [0.15, 0.2) is 18.2 Å². The van der Waals surface area contributed by atoms with Crippen LogP contribution in [-0.4, -0.2) is 17.9 Å². The topological polar surface area (TPSA) is 69.7 Å². The van der Waals surface area contributed by atoms with E-state index < -0.39 is 17.9 Å². The fourth-order valence-corrected chi connectivity index (χ4v) is 1.45. The zero-order chi connectivity index (χ0) is 11.7. The van der Waals surface area contributed by atoms with Crippen LogP contribution in [0.25, 0.3) is 0 Å². The van der Waals surface area contributed by atoms with Gasteiger partial charge in [-0.3, -0.25) is 4.79 Å². The molecule has 0 N–H and O–H groups in total. The van der Waals surface area contributed by atoms with Gasteiger partial charge in [0.1, 0.15) is 6.61 Å². The molecule has 0 amide bonds. The van der Waals surface area contributed by atoms with Gasteiger partial charge in [-0.2, -0.15) is 0 Å². The third kappa shape index (κ3) is 1.79. The smallest absolute Gasteiger partial charge is 0.345 e. The second-order valence-corrected chi connectivity index (χ2v) is 3.33. The van der Waals surface area contributed by atoms with Crippen LogP contribution < -0.4 is 0 Å². The van der Waals surface area contributed by atoms with Gasteiger partial charge in [-0.1, -0.05) is 0 Å². The predicted octanol–water partition coefficient (Wildman–Crippen LogP) is 1.06. The molecule has 5 heteroatoms. The Morgan fingerprint density at radius 2 is 2.12 bits per heavy atom. The summed E-state index contributed by atoms with van der Waals surface area (Å²) in [5, 5.41) is 0. The summed E-state index contributed by atoms with van der Waals surface area (Å²) in [6, 6.07) is 4.41. The zero-order valence-corrected chi connectivity index (χ0v) is 8.48. The number of benzene rings is 1. The third-order valence-electron chi connectivity index (χ3n) is 2.16. The first-order chi connectivity index (χ1) is 7.58. The molecule has 82 valence electrons. The maximum atomic E-state index is 11.4. The van der Waals surface area contributed by atoms with E-state index in [0.29, 0.717) is 11.1 Å². The molecule has 0 unspecified atom stereocenters. The van der Waals surface area contributed by atoms with Gasteiger partial charge >= 0.3 is 17.9 Å². The van der Waals surface area contributed by atoms with Gasteiger partial charge in [0.15, 0.2) is 0 Å². The Morgan fingerprint density at radius 3 is 2.81 bits per heavy atom. The second kappa shape index (κ2) is 3.77. The molecule has 0 aromatic heterocycles. The maximum Gasteiger partial charge on any atom is 0.345 e. The first kappa shape index (κ1) is 10.4. The van der Waals surface area contributed by atoms with Gasteiger partial charge in [0.25, 0.3) is 0 Å². The standard InChI is InChI=1S/C11H8O5/c1-6(12)16-10(13)7-2-3-9-8(4-7)5-15-11(9)14/h2-4H,5H2,1H3. The normalized spacial score (nSPS) is 12.9. The van der Waals surface area contributed by atoms with E-state index in [1.807, 2.05) is 0 Å². The summed E-state index contributed by atoms with van der Waals surface area (Å²) in [5.41, 5.74) is 1.30. The molecule has 0 spiro atoms. The van der Waals surface area contributed by atoms with Gasteiger partial charge < -0.3 is 9.47 Å². The lowest BCUT2D eigenvalue weighted by Gasteiger charge is -2.01. The molecule has 0 fully saturated rings. The summed E-state index contributed by atoms with van der Waals surface area (Å²) in [6.45, 7) is 1.30. The number of esters is 3. The highest BCUT2D eigenvalue weighted by molar-refractivity contribution is 5.99. The summed E-state index contributed by atoms with van der Waals surface area (Å²) in [4.78, 5) is 33.1. The van der Waals surface area contributed by atoms with Crippen molar-refractivity contribution in [2.24, 2.45) is 0 Å². The van der Waals surface area contributed by atoms with Gasteiger partial charge in [0, 0.05) is 12.5 Å². The van der Waals surface area contributed by atoms with Crippen molar-refractivity contribution in [1.29, 1.82) is 0 Å². The Hall–Kier alpha value is -2.17. The number of carbonyl (C=O) groups is 3. The quantitative estimate of drug-likeness (QED) is 0.522. The van der Waals surface area contributed by atoms with Crippen LogP contribution in [0.2, 0.25) is 0 Å². The first-order valence-corrected chi connectivity index (χ1v) is 4.61. The summed E-state index contributed by atoms with van der Waals surface area (Å²) in [7, 11) is 0. The van der Waals surface area contributed by atoms with E-state index >= 15 is 0 Å². The van der Waals surface area contributed by atoms with Crippen molar-refractivity contribution >= 4 is 17.9 Å². The number of cyclic esters (lactones) is 1. The molecule has 1 aromatic rings. The molecule has 0 bridgehead atoms. The largest absolute Gasteiger partial charge is 0.457 e. The van der Waals surface area contributed by atoms with Gasteiger partial charge in [-0.25, -0.2) is 9.59 Å². The fourth-order valence-electron chi connectivity index (χ4n) is 1.45. The molecule has 1 aromatic carbocycles. The Kier molecular flexibility index (Phi) is 2.44. The van der Waals surface area contributed by atoms with E-state index in [9.17, 15) is 14.4 Å². The van der Waals surface area contributed by atoms with E-state index in [0.717, 1.165) is 6.92 Å². The van der Waals surface area contributed by atoms with E-state index in [2.05, 4.69) is 4.74 Å².